The molecule has 0 amide bonds. The molecule has 0 saturated carbocycles. The van der Waals surface area contributed by atoms with Crippen molar-refractivity contribution in [3.05, 3.63) is 40.1 Å². The van der Waals surface area contributed by atoms with Gasteiger partial charge >= 0.3 is 0 Å². The maximum absolute atomic E-state index is 12.1. The number of hydrogen-bond donors (Lipinski definition) is 1. The summed E-state index contributed by atoms with van der Waals surface area (Å²) in [6, 6.07) is 6.52. The second kappa shape index (κ2) is 4.74. The largest absolute Gasteiger partial charge is 0.360 e. The van der Waals surface area contributed by atoms with E-state index in [9.17, 15) is 8.42 Å². The van der Waals surface area contributed by atoms with Crippen LogP contribution in [0.4, 0.5) is 5.82 Å². The molecule has 2 rings (SSSR count). The molecule has 7 heteroatoms. The zero-order valence-electron chi connectivity index (χ0n) is 9.77. The second-order valence-corrected chi connectivity index (χ2v) is 6.37. The molecule has 0 aliphatic rings. The zero-order chi connectivity index (χ0) is 13.3. The number of nitrogens with zero attached hydrogens (tertiary/aromatic N) is 1. The Morgan fingerprint density at radius 2 is 2.00 bits per heavy atom. The third kappa shape index (κ3) is 2.73. The molecule has 96 valence electrons. The van der Waals surface area contributed by atoms with Crippen molar-refractivity contribution in [2.75, 3.05) is 4.72 Å². The second-order valence-electron chi connectivity index (χ2n) is 3.86. The van der Waals surface area contributed by atoms with Crippen LogP contribution in [-0.2, 0) is 10.0 Å². The van der Waals surface area contributed by atoms with E-state index in [1.165, 1.54) is 12.1 Å². The first-order valence-corrected chi connectivity index (χ1v) is 7.38. The molecule has 0 bridgehead atoms. The summed E-state index contributed by atoms with van der Waals surface area (Å²) in [5.74, 6) is 0.704. The average Bonchev–Trinajstić information content (AvgIpc) is 2.62. The van der Waals surface area contributed by atoms with Crippen LogP contribution in [0.1, 0.15) is 11.3 Å². The van der Waals surface area contributed by atoms with Gasteiger partial charge in [0.05, 0.1) is 0 Å². The van der Waals surface area contributed by atoms with Crippen LogP contribution in [0.2, 0.25) is 0 Å². The lowest BCUT2D eigenvalue weighted by atomic mass is 10.2. The van der Waals surface area contributed by atoms with E-state index >= 15 is 0 Å². The van der Waals surface area contributed by atoms with Gasteiger partial charge in [0.25, 0.3) is 10.0 Å². The summed E-state index contributed by atoms with van der Waals surface area (Å²) in [5, 5.41) is 3.59. The Hall–Kier alpha value is -1.34. The molecule has 0 radical (unpaired) electrons. The quantitative estimate of drug-likeness (QED) is 0.939. The van der Waals surface area contributed by atoms with Gasteiger partial charge < -0.3 is 4.52 Å². The van der Waals surface area contributed by atoms with Gasteiger partial charge in [0.2, 0.25) is 0 Å². The van der Waals surface area contributed by atoms with E-state index < -0.39 is 10.0 Å². The van der Waals surface area contributed by atoms with E-state index in [1.807, 2.05) is 6.92 Å². The predicted molar refractivity (Wildman–Crippen MR) is 70.9 cm³/mol. The summed E-state index contributed by atoms with van der Waals surface area (Å²) in [4.78, 5) is 0.161. The molecular weight excluding hydrogens is 320 g/mol. The van der Waals surface area contributed by atoms with Crippen LogP contribution < -0.4 is 4.72 Å². The molecule has 0 aliphatic carbocycles. The topological polar surface area (TPSA) is 72.2 Å². The van der Waals surface area contributed by atoms with Gasteiger partial charge in [0.1, 0.15) is 10.7 Å². The minimum Gasteiger partial charge on any atom is -0.360 e. The van der Waals surface area contributed by atoms with Gasteiger partial charge in [-0.05, 0) is 47.5 Å². The van der Waals surface area contributed by atoms with Gasteiger partial charge in [-0.3, -0.25) is 4.72 Å². The Kier molecular flexibility index (Phi) is 3.45. The highest BCUT2D eigenvalue weighted by molar-refractivity contribution is 9.10. The van der Waals surface area contributed by atoms with Crippen molar-refractivity contribution in [3.63, 3.8) is 0 Å². The van der Waals surface area contributed by atoms with Gasteiger partial charge in [0.15, 0.2) is 5.82 Å². The van der Waals surface area contributed by atoms with Crippen LogP contribution in [0, 0.1) is 13.8 Å². The normalized spacial score (nSPS) is 11.5. The molecular formula is C11H11BrN2O3S. The van der Waals surface area contributed by atoms with E-state index in [1.54, 1.807) is 19.1 Å². The van der Waals surface area contributed by atoms with Crippen molar-refractivity contribution in [1.29, 1.82) is 0 Å². The van der Waals surface area contributed by atoms with Crippen molar-refractivity contribution in [1.82, 2.24) is 5.16 Å². The zero-order valence-corrected chi connectivity index (χ0v) is 12.2. The Morgan fingerprint density at radius 1 is 1.28 bits per heavy atom. The van der Waals surface area contributed by atoms with Crippen LogP contribution >= 0.6 is 15.9 Å². The Labute approximate surface area is 113 Å². The highest BCUT2D eigenvalue weighted by Crippen LogP contribution is 2.25. The van der Waals surface area contributed by atoms with Gasteiger partial charge in [-0.1, -0.05) is 11.2 Å². The third-order valence-corrected chi connectivity index (χ3v) is 4.58. The molecule has 0 atom stereocenters. The highest BCUT2D eigenvalue weighted by atomic mass is 79.9. The Bertz CT molecular complexity index is 679. The molecule has 1 aromatic heterocycles. The van der Waals surface area contributed by atoms with E-state index in [0.717, 1.165) is 5.56 Å². The lowest BCUT2D eigenvalue weighted by molar-refractivity contribution is 0.400. The number of aryl methyl sites for hydroxylation is 2. The van der Waals surface area contributed by atoms with Gasteiger partial charge in [0, 0.05) is 10.5 Å². The number of anilines is 1. The van der Waals surface area contributed by atoms with Crippen LogP contribution in [-0.4, -0.2) is 13.6 Å². The SMILES string of the molecule is Cc1ccc(S(=O)(=O)Nc2cc(C)on2)c(Br)c1. The van der Waals surface area contributed by atoms with E-state index in [4.69, 9.17) is 4.52 Å². The van der Waals surface area contributed by atoms with Crippen molar-refractivity contribution in [3.8, 4) is 0 Å². The summed E-state index contributed by atoms with van der Waals surface area (Å²) in [7, 11) is -3.67. The Morgan fingerprint density at radius 3 is 2.56 bits per heavy atom. The summed E-state index contributed by atoms with van der Waals surface area (Å²) >= 11 is 3.24. The molecule has 1 N–H and O–H groups in total. The van der Waals surface area contributed by atoms with E-state index in [-0.39, 0.29) is 10.7 Å². The molecule has 0 spiro atoms. The molecule has 18 heavy (non-hydrogen) atoms. The van der Waals surface area contributed by atoms with Crippen molar-refractivity contribution in [2.45, 2.75) is 18.7 Å². The minimum atomic E-state index is -3.67. The van der Waals surface area contributed by atoms with Crippen molar-refractivity contribution >= 4 is 31.8 Å². The number of aromatic nitrogens is 1. The molecule has 0 aliphatic heterocycles. The predicted octanol–water partition coefficient (Wildman–Crippen LogP) is 2.85. The number of nitrogens with one attached hydrogen (secondary N) is 1. The molecule has 0 unspecified atom stereocenters. The minimum absolute atomic E-state index is 0.161. The van der Waals surface area contributed by atoms with Gasteiger partial charge in [-0.2, -0.15) is 0 Å². The first-order valence-electron chi connectivity index (χ1n) is 5.11. The van der Waals surface area contributed by atoms with Crippen molar-refractivity contribution in [2.24, 2.45) is 0 Å². The number of benzene rings is 1. The van der Waals surface area contributed by atoms with Crippen LogP contribution in [0.5, 0.6) is 0 Å². The first-order chi connectivity index (χ1) is 8.38. The fourth-order valence-electron chi connectivity index (χ4n) is 1.43. The van der Waals surface area contributed by atoms with Crippen LogP contribution in [0.3, 0.4) is 0 Å². The van der Waals surface area contributed by atoms with Crippen LogP contribution in [0.25, 0.3) is 0 Å². The fourth-order valence-corrected chi connectivity index (χ4v) is 3.61. The first kappa shape index (κ1) is 13.1. The number of sulfonamides is 1. The monoisotopic (exact) mass is 330 g/mol. The fraction of sp³-hybridized carbons (Fsp3) is 0.182. The molecule has 0 saturated heterocycles. The Balaban J connectivity index is 2.36. The summed E-state index contributed by atoms with van der Waals surface area (Å²) in [6.07, 6.45) is 0. The lowest BCUT2D eigenvalue weighted by Crippen LogP contribution is -2.13. The maximum Gasteiger partial charge on any atom is 0.264 e. The number of hydrogen-bond acceptors (Lipinski definition) is 4. The molecule has 1 aromatic carbocycles. The molecule has 2 aromatic rings. The number of halogens is 1. The molecule has 1 heterocycles. The van der Waals surface area contributed by atoms with Crippen molar-refractivity contribution < 1.29 is 12.9 Å². The summed E-state index contributed by atoms with van der Waals surface area (Å²) in [6.45, 7) is 3.57. The van der Waals surface area contributed by atoms with E-state index in [2.05, 4.69) is 25.8 Å². The van der Waals surface area contributed by atoms with Crippen LogP contribution in [0.15, 0.2) is 38.2 Å². The highest BCUT2D eigenvalue weighted by Gasteiger charge is 2.19. The smallest absolute Gasteiger partial charge is 0.264 e. The lowest BCUT2D eigenvalue weighted by Gasteiger charge is -2.07. The standard InChI is InChI=1S/C11H11BrN2O3S/c1-7-3-4-10(9(12)5-7)18(15,16)14-11-6-8(2)17-13-11/h3-6H,1-2H3,(H,13,14). The average molecular weight is 331 g/mol. The molecule has 5 nitrogen and oxygen atoms in total. The molecule has 0 fully saturated rings. The third-order valence-electron chi connectivity index (χ3n) is 2.24. The maximum atomic E-state index is 12.1. The number of rotatable bonds is 3. The van der Waals surface area contributed by atoms with Gasteiger partial charge in [-0.25, -0.2) is 8.42 Å². The van der Waals surface area contributed by atoms with Gasteiger partial charge in [-0.15, -0.1) is 0 Å². The van der Waals surface area contributed by atoms with E-state index in [0.29, 0.717) is 10.2 Å². The summed E-state index contributed by atoms with van der Waals surface area (Å²) < 4.78 is 31.9. The summed E-state index contributed by atoms with van der Waals surface area (Å²) in [5.41, 5.74) is 0.970.